The van der Waals surface area contributed by atoms with Gasteiger partial charge in [0.25, 0.3) is 5.91 Å². The summed E-state index contributed by atoms with van der Waals surface area (Å²) in [6.07, 6.45) is 3.01. The number of carbonyl (C=O) groups is 7. The lowest BCUT2D eigenvalue weighted by Crippen LogP contribution is -2.60. The molecule has 0 aromatic carbocycles. The van der Waals surface area contributed by atoms with Gasteiger partial charge in [0.1, 0.15) is 12.1 Å². The summed E-state index contributed by atoms with van der Waals surface area (Å²) in [6.45, 7) is 5.07. The van der Waals surface area contributed by atoms with Crippen molar-refractivity contribution in [1.29, 1.82) is 0 Å². The van der Waals surface area contributed by atoms with Gasteiger partial charge in [-0.2, -0.15) is 0 Å². The highest BCUT2D eigenvalue weighted by Crippen LogP contribution is 2.06. The molecule has 12 N–H and O–H groups in total. The van der Waals surface area contributed by atoms with Crippen LogP contribution in [0.4, 0.5) is 0 Å². The number of carboxylic acids is 1. The summed E-state index contributed by atoms with van der Waals surface area (Å²) in [5, 5.41) is 26.3. The number of hydrogen-bond donors (Lipinski definition) is 8. The Bertz CT molecular complexity index is 915. The fourth-order valence-corrected chi connectivity index (χ4v) is 3.82. The molecule has 0 aliphatic rings. The average molecular weight is 602 g/mol. The fraction of sp³-hybridized carbons (Fsp3) is 0.731. The standard InChI is InChI=1S/C26H48N8O8/c1-16(2)12-20(34-23(38)15-30-24(39)18(8-4-6-10-27)32-21(36)13-28)25(40)31-14-22(37)33-19(26(41)42)9-5-7-11-29-17(3)35/h16,18-20H,4-15,27-28H2,1-3H3,(H,29,35)(H,30,39)(H,31,40)(H,32,36)(H,33,37)(H,34,38)(H,41,42)/p+1/t18-,19-,20-/m0/s1. The maximum atomic E-state index is 12.8. The molecule has 16 heteroatoms. The van der Waals surface area contributed by atoms with Crippen LogP contribution in [0.25, 0.3) is 0 Å². The Labute approximate surface area is 246 Å². The van der Waals surface area contributed by atoms with Gasteiger partial charge in [-0.15, -0.1) is 0 Å². The van der Waals surface area contributed by atoms with E-state index in [1.165, 1.54) is 6.92 Å². The van der Waals surface area contributed by atoms with Crippen LogP contribution in [0.2, 0.25) is 0 Å². The topological polar surface area (TPSA) is 270 Å². The normalized spacial score (nSPS) is 12.8. The summed E-state index contributed by atoms with van der Waals surface area (Å²) >= 11 is 0. The molecular formula is C26H49N8O8+. The molecule has 6 amide bonds. The van der Waals surface area contributed by atoms with E-state index in [0.717, 1.165) is 6.42 Å². The molecule has 240 valence electrons. The van der Waals surface area contributed by atoms with E-state index in [0.29, 0.717) is 38.8 Å². The second-order valence-corrected chi connectivity index (χ2v) is 10.3. The van der Waals surface area contributed by atoms with Crippen molar-refractivity contribution in [2.24, 2.45) is 5.92 Å². The van der Waals surface area contributed by atoms with Crippen molar-refractivity contribution >= 4 is 41.4 Å². The van der Waals surface area contributed by atoms with Gasteiger partial charge < -0.3 is 53.3 Å². The van der Waals surface area contributed by atoms with Crippen molar-refractivity contribution in [2.75, 3.05) is 32.7 Å². The minimum absolute atomic E-state index is 0.0141. The van der Waals surface area contributed by atoms with Crippen molar-refractivity contribution in [3.8, 4) is 0 Å². The van der Waals surface area contributed by atoms with E-state index < -0.39 is 66.7 Å². The Kier molecular flexibility index (Phi) is 19.9. The van der Waals surface area contributed by atoms with Crippen LogP contribution in [0, 0.1) is 5.92 Å². The number of quaternary nitrogens is 2. The van der Waals surface area contributed by atoms with Crippen LogP contribution < -0.4 is 48.5 Å². The highest BCUT2D eigenvalue weighted by Gasteiger charge is 2.25. The lowest BCUT2D eigenvalue weighted by Gasteiger charge is -2.22. The summed E-state index contributed by atoms with van der Waals surface area (Å²) < 4.78 is 0. The second-order valence-electron chi connectivity index (χ2n) is 10.3. The number of unbranched alkanes of at least 4 members (excludes halogenated alkanes) is 2. The molecule has 0 radical (unpaired) electrons. The quantitative estimate of drug-likeness (QED) is 0.0553. The minimum Gasteiger partial charge on any atom is -0.548 e. The summed E-state index contributed by atoms with van der Waals surface area (Å²) in [7, 11) is 0. The number of carboxylic acid groups (broad SMARTS) is 1. The molecule has 0 aromatic rings. The molecule has 0 bridgehead atoms. The van der Waals surface area contributed by atoms with Crippen molar-refractivity contribution in [2.45, 2.75) is 83.8 Å². The fourth-order valence-electron chi connectivity index (χ4n) is 3.82. The maximum absolute atomic E-state index is 12.8. The monoisotopic (exact) mass is 601 g/mol. The number of nitrogens with one attached hydrogen (secondary N) is 6. The molecule has 0 aliphatic heterocycles. The third-order valence-corrected chi connectivity index (χ3v) is 5.99. The van der Waals surface area contributed by atoms with Gasteiger partial charge >= 0.3 is 0 Å². The van der Waals surface area contributed by atoms with Gasteiger partial charge in [-0.1, -0.05) is 13.8 Å². The first-order chi connectivity index (χ1) is 19.8. The Morgan fingerprint density at radius 1 is 0.667 bits per heavy atom. The lowest BCUT2D eigenvalue weighted by molar-refractivity contribution is -0.368. The zero-order chi connectivity index (χ0) is 32.1. The number of hydrogen-bond acceptors (Lipinski definition) is 8. The molecule has 0 aromatic heterocycles. The predicted octanol–water partition coefficient (Wildman–Crippen LogP) is -5.57. The van der Waals surface area contributed by atoms with E-state index in [4.69, 9.17) is 0 Å². The molecule has 0 unspecified atom stereocenters. The average Bonchev–Trinajstić information content (AvgIpc) is 2.92. The maximum Gasteiger partial charge on any atom is 0.275 e. The summed E-state index contributed by atoms with van der Waals surface area (Å²) in [5.41, 5.74) is 7.24. The molecule has 16 nitrogen and oxygen atoms in total. The molecule has 0 saturated carbocycles. The van der Waals surface area contributed by atoms with Crippen molar-refractivity contribution in [3.63, 3.8) is 0 Å². The molecule has 0 heterocycles. The van der Waals surface area contributed by atoms with Crippen LogP contribution in [-0.2, 0) is 33.6 Å². The van der Waals surface area contributed by atoms with E-state index in [-0.39, 0.29) is 31.2 Å². The Hall–Kier alpha value is -3.79. The van der Waals surface area contributed by atoms with Crippen molar-refractivity contribution < 1.29 is 50.1 Å². The van der Waals surface area contributed by atoms with Crippen LogP contribution in [0.5, 0.6) is 0 Å². The minimum atomic E-state index is -1.48. The third kappa shape index (κ3) is 18.5. The van der Waals surface area contributed by atoms with Gasteiger partial charge in [-0.3, -0.25) is 28.8 Å². The van der Waals surface area contributed by atoms with Crippen LogP contribution in [0.3, 0.4) is 0 Å². The molecular weight excluding hydrogens is 552 g/mol. The zero-order valence-corrected chi connectivity index (χ0v) is 25.0. The summed E-state index contributed by atoms with van der Waals surface area (Å²) in [4.78, 5) is 84.3. The first-order valence-corrected chi connectivity index (χ1v) is 14.3. The van der Waals surface area contributed by atoms with Gasteiger partial charge in [-0.25, -0.2) is 0 Å². The lowest BCUT2D eigenvalue weighted by atomic mass is 10.0. The van der Waals surface area contributed by atoms with Gasteiger partial charge in [0.15, 0.2) is 6.54 Å². The third-order valence-electron chi connectivity index (χ3n) is 5.99. The first kappa shape index (κ1) is 38.2. The SMILES string of the molecule is CC(=O)NCCCC[C@H](NC(=O)CNC(=O)[C@H](CC(C)C)NC(=O)CNC(=O)[C@H](CCCC[NH3+])NC(=O)C[NH3+])C(=O)[O-]. The Balaban J connectivity index is 4.92. The molecule has 0 rings (SSSR count). The van der Waals surface area contributed by atoms with E-state index in [9.17, 15) is 38.7 Å². The largest absolute Gasteiger partial charge is 0.548 e. The van der Waals surface area contributed by atoms with Crippen molar-refractivity contribution in [1.82, 2.24) is 31.9 Å². The number of carbonyl (C=O) groups excluding carboxylic acids is 7. The number of aliphatic carboxylic acids is 1. The van der Waals surface area contributed by atoms with Crippen LogP contribution in [-0.4, -0.2) is 92.3 Å². The van der Waals surface area contributed by atoms with Gasteiger partial charge in [0.2, 0.25) is 29.5 Å². The Morgan fingerprint density at radius 2 is 1.17 bits per heavy atom. The van der Waals surface area contributed by atoms with Crippen molar-refractivity contribution in [3.05, 3.63) is 0 Å². The van der Waals surface area contributed by atoms with Gasteiger partial charge in [0.05, 0.1) is 31.6 Å². The predicted molar refractivity (Wildman–Crippen MR) is 148 cm³/mol. The van der Waals surface area contributed by atoms with Crippen LogP contribution in [0.1, 0.15) is 65.7 Å². The molecule has 0 saturated heterocycles. The summed E-state index contributed by atoms with van der Waals surface area (Å²) in [6, 6.07) is -3.14. The van der Waals surface area contributed by atoms with Crippen LogP contribution >= 0.6 is 0 Å². The number of amides is 6. The molecule has 42 heavy (non-hydrogen) atoms. The van der Waals surface area contributed by atoms with Gasteiger partial charge in [0, 0.05) is 13.5 Å². The molecule has 3 atom stereocenters. The highest BCUT2D eigenvalue weighted by atomic mass is 16.4. The second kappa shape index (κ2) is 21.9. The van der Waals surface area contributed by atoms with Crippen LogP contribution in [0.15, 0.2) is 0 Å². The van der Waals surface area contributed by atoms with E-state index >= 15 is 0 Å². The molecule has 0 fully saturated rings. The van der Waals surface area contributed by atoms with Gasteiger partial charge in [-0.05, 0) is 50.9 Å². The summed E-state index contributed by atoms with van der Waals surface area (Å²) in [5.74, 6) is -4.70. The van der Waals surface area contributed by atoms with E-state index in [1.807, 2.05) is 13.8 Å². The number of rotatable bonds is 22. The highest BCUT2D eigenvalue weighted by molar-refractivity contribution is 5.94. The van der Waals surface area contributed by atoms with E-state index in [2.05, 4.69) is 43.4 Å². The van der Waals surface area contributed by atoms with E-state index in [1.54, 1.807) is 0 Å². The Morgan fingerprint density at radius 3 is 1.67 bits per heavy atom. The smallest absolute Gasteiger partial charge is 0.275 e. The molecule has 0 aliphatic carbocycles. The first-order valence-electron chi connectivity index (χ1n) is 14.3. The zero-order valence-electron chi connectivity index (χ0n) is 25.0. The molecule has 0 spiro atoms.